The van der Waals surface area contributed by atoms with E-state index in [1.54, 1.807) is 37.3 Å². The van der Waals surface area contributed by atoms with E-state index >= 15 is 0 Å². The molecule has 0 radical (unpaired) electrons. The number of carbonyl (C=O) groups is 1. The number of halogens is 1. The molecule has 0 aliphatic carbocycles. The minimum Gasteiger partial charge on any atom is -0.505 e. The molecule has 4 heteroatoms. The first-order valence-corrected chi connectivity index (χ1v) is 4.86. The van der Waals surface area contributed by atoms with Crippen LogP contribution in [0.25, 0.3) is 5.76 Å². The number of esters is 1. The van der Waals surface area contributed by atoms with Crippen molar-refractivity contribution in [3.63, 3.8) is 0 Å². The number of hydrogen-bond acceptors (Lipinski definition) is 3. The van der Waals surface area contributed by atoms with E-state index in [0.717, 1.165) is 0 Å². The molecule has 0 unspecified atom stereocenters. The fraction of sp³-hybridized carbons (Fsp3) is 0.182. The fourth-order valence-corrected chi connectivity index (χ4v) is 1.18. The predicted octanol–water partition coefficient (Wildman–Crippen LogP) is 2.72. The van der Waals surface area contributed by atoms with Crippen molar-refractivity contribution in [2.24, 2.45) is 0 Å². The van der Waals surface area contributed by atoms with Crippen molar-refractivity contribution < 1.29 is 14.6 Å². The maximum atomic E-state index is 11.2. The molecule has 1 rings (SSSR count). The van der Waals surface area contributed by atoms with Crippen molar-refractivity contribution in [1.29, 1.82) is 0 Å². The Bertz CT molecular complexity index is 371. The summed E-state index contributed by atoms with van der Waals surface area (Å²) >= 11 is 5.65. The number of hydrogen-bond donors (Lipinski definition) is 1. The molecule has 15 heavy (non-hydrogen) atoms. The van der Waals surface area contributed by atoms with Crippen LogP contribution in [0, 0.1) is 0 Å². The third-order valence-electron chi connectivity index (χ3n) is 1.71. The molecule has 0 saturated carbocycles. The Balaban J connectivity index is 2.95. The largest absolute Gasteiger partial charge is 0.505 e. The monoisotopic (exact) mass is 226 g/mol. The van der Waals surface area contributed by atoms with Crippen LogP contribution in [0.3, 0.4) is 0 Å². The topological polar surface area (TPSA) is 46.5 Å². The highest BCUT2D eigenvalue weighted by Gasteiger charge is 2.14. The average Bonchev–Trinajstić information content (AvgIpc) is 2.28. The van der Waals surface area contributed by atoms with Crippen LogP contribution in [0.2, 0.25) is 0 Å². The third-order valence-corrected chi connectivity index (χ3v) is 2.04. The number of benzene rings is 1. The number of ether oxygens (including phenoxy) is 1. The minimum atomic E-state index is -0.722. The van der Waals surface area contributed by atoms with E-state index in [4.69, 9.17) is 11.6 Å². The number of aliphatic hydroxyl groups is 1. The van der Waals surface area contributed by atoms with Crippen molar-refractivity contribution in [3.05, 3.63) is 40.9 Å². The van der Waals surface area contributed by atoms with Gasteiger partial charge < -0.3 is 9.84 Å². The lowest BCUT2D eigenvalue weighted by atomic mass is 10.2. The van der Waals surface area contributed by atoms with E-state index in [1.165, 1.54) is 0 Å². The van der Waals surface area contributed by atoms with Crippen molar-refractivity contribution in [3.8, 4) is 0 Å². The summed E-state index contributed by atoms with van der Waals surface area (Å²) in [7, 11) is 0. The van der Waals surface area contributed by atoms with Crippen molar-refractivity contribution in [1.82, 2.24) is 0 Å². The second kappa shape index (κ2) is 5.41. The second-order valence-corrected chi connectivity index (χ2v) is 3.13. The molecular formula is C11H11ClO3. The van der Waals surface area contributed by atoms with E-state index in [0.29, 0.717) is 5.56 Å². The summed E-state index contributed by atoms with van der Waals surface area (Å²) in [5.74, 6) is -0.990. The summed E-state index contributed by atoms with van der Waals surface area (Å²) in [4.78, 5) is 11.2. The Hall–Kier alpha value is -1.48. The van der Waals surface area contributed by atoms with Gasteiger partial charge in [0.2, 0.25) is 0 Å². The highest BCUT2D eigenvalue weighted by molar-refractivity contribution is 6.43. The van der Waals surface area contributed by atoms with E-state index in [1.807, 2.05) is 0 Å². The molecule has 80 valence electrons. The van der Waals surface area contributed by atoms with E-state index in [9.17, 15) is 9.90 Å². The molecule has 0 fully saturated rings. The van der Waals surface area contributed by atoms with Gasteiger partial charge >= 0.3 is 5.97 Å². The van der Waals surface area contributed by atoms with Gasteiger partial charge in [-0.2, -0.15) is 0 Å². The van der Waals surface area contributed by atoms with Gasteiger partial charge in [0.05, 0.1) is 6.61 Å². The van der Waals surface area contributed by atoms with Crippen LogP contribution < -0.4 is 0 Å². The summed E-state index contributed by atoms with van der Waals surface area (Å²) in [5.41, 5.74) is 0.482. The first kappa shape index (κ1) is 11.6. The zero-order valence-corrected chi connectivity index (χ0v) is 8.99. The van der Waals surface area contributed by atoms with Crippen LogP contribution >= 0.6 is 11.6 Å². The molecule has 0 aliphatic heterocycles. The number of rotatable bonds is 3. The molecule has 0 aliphatic rings. The Kier molecular flexibility index (Phi) is 4.18. The van der Waals surface area contributed by atoms with Crippen molar-refractivity contribution in [2.45, 2.75) is 6.92 Å². The molecule has 0 spiro atoms. The Morgan fingerprint density at radius 2 is 2.00 bits per heavy atom. The maximum Gasteiger partial charge on any atom is 0.353 e. The van der Waals surface area contributed by atoms with Crippen molar-refractivity contribution in [2.75, 3.05) is 6.61 Å². The first-order valence-electron chi connectivity index (χ1n) is 4.48. The quantitative estimate of drug-likeness (QED) is 0.490. The lowest BCUT2D eigenvalue weighted by Gasteiger charge is -2.03. The molecule has 3 nitrogen and oxygen atoms in total. The van der Waals surface area contributed by atoms with Crippen LogP contribution in [0.15, 0.2) is 35.4 Å². The summed E-state index contributed by atoms with van der Waals surface area (Å²) in [5, 5.41) is 9.33. The molecule has 1 aromatic carbocycles. The molecule has 0 atom stereocenters. The molecule has 0 saturated heterocycles. The highest BCUT2D eigenvalue weighted by atomic mass is 35.5. The van der Waals surface area contributed by atoms with E-state index in [2.05, 4.69) is 4.74 Å². The van der Waals surface area contributed by atoms with Gasteiger partial charge in [-0.25, -0.2) is 4.79 Å². The van der Waals surface area contributed by atoms with Gasteiger partial charge in [-0.1, -0.05) is 41.9 Å². The lowest BCUT2D eigenvalue weighted by Crippen LogP contribution is -2.05. The van der Waals surface area contributed by atoms with Crippen LogP contribution in [0.5, 0.6) is 0 Å². The van der Waals surface area contributed by atoms with E-state index in [-0.39, 0.29) is 17.4 Å². The zero-order chi connectivity index (χ0) is 11.3. The average molecular weight is 227 g/mol. The van der Waals surface area contributed by atoms with Crippen LogP contribution in [0.1, 0.15) is 12.5 Å². The van der Waals surface area contributed by atoms with Crippen LogP contribution in [-0.2, 0) is 9.53 Å². The molecular weight excluding hydrogens is 216 g/mol. The molecule has 0 aromatic heterocycles. The van der Waals surface area contributed by atoms with Crippen molar-refractivity contribution >= 4 is 23.3 Å². The van der Waals surface area contributed by atoms with Crippen LogP contribution in [-0.4, -0.2) is 17.7 Å². The first-order chi connectivity index (χ1) is 7.16. The number of aliphatic hydroxyl groups excluding tert-OH is 1. The van der Waals surface area contributed by atoms with Gasteiger partial charge in [0, 0.05) is 5.56 Å². The molecule has 0 bridgehead atoms. The number of carbonyl (C=O) groups excluding carboxylic acids is 1. The van der Waals surface area contributed by atoms with E-state index < -0.39 is 5.97 Å². The summed E-state index contributed by atoms with van der Waals surface area (Å²) in [6.07, 6.45) is 0. The standard InChI is InChI=1S/C11H11ClO3/c1-2-15-11(14)9(12)10(13)8-6-4-3-5-7-8/h3-7,13H,2H2,1H3/b10-9+. The highest BCUT2D eigenvalue weighted by Crippen LogP contribution is 2.19. The van der Waals surface area contributed by atoms with Gasteiger partial charge in [0.15, 0.2) is 5.03 Å². The fourth-order valence-electron chi connectivity index (χ4n) is 1.01. The smallest absolute Gasteiger partial charge is 0.353 e. The summed E-state index contributed by atoms with van der Waals surface area (Å²) < 4.78 is 4.66. The van der Waals surface area contributed by atoms with Gasteiger partial charge in [0.1, 0.15) is 5.76 Å². The van der Waals surface area contributed by atoms with Gasteiger partial charge in [0.25, 0.3) is 0 Å². The summed E-state index contributed by atoms with van der Waals surface area (Å²) in [6, 6.07) is 8.57. The lowest BCUT2D eigenvalue weighted by molar-refractivity contribution is -0.137. The zero-order valence-electron chi connectivity index (χ0n) is 8.24. The Morgan fingerprint density at radius 3 is 2.53 bits per heavy atom. The molecule has 1 aromatic rings. The predicted molar refractivity (Wildman–Crippen MR) is 58.5 cm³/mol. The molecule has 0 heterocycles. The summed E-state index contributed by atoms with van der Waals surface area (Å²) in [6.45, 7) is 1.89. The van der Waals surface area contributed by atoms with Gasteiger partial charge in [-0.3, -0.25) is 0 Å². The molecule has 0 amide bonds. The van der Waals surface area contributed by atoms with Crippen LogP contribution in [0.4, 0.5) is 0 Å². The maximum absolute atomic E-state index is 11.2. The SMILES string of the molecule is CCOC(=O)/C(Cl)=C(\O)c1ccccc1. The molecule has 1 N–H and O–H groups in total. The normalized spacial score (nSPS) is 11.9. The third kappa shape index (κ3) is 2.99. The Morgan fingerprint density at radius 1 is 1.40 bits per heavy atom. The van der Waals surface area contributed by atoms with Gasteiger partial charge in [-0.05, 0) is 6.92 Å². The van der Waals surface area contributed by atoms with Gasteiger partial charge in [-0.15, -0.1) is 0 Å². The Labute approximate surface area is 92.9 Å². The minimum absolute atomic E-state index is 0.219. The second-order valence-electron chi connectivity index (χ2n) is 2.75.